The molecule has 2 aliphatic heterocycles. The van der Waals surface area contributed by atoms with Crippen molar-refractivity contribution >= 4 is 38.9 Å². The molecule has 2 aliphatic rings. The molecule has 2 amide bonds. The molecular weight excluding hydrogens is 378 g/mol. The lowest BCUT2D eigenvalue weighted by molar-refractivity contribution is -0.117. The molecule has 4 rings (SSSR count). The van der Waals surface area contributed by atoms with Crippen LogP contribution in [0.5, 0.6) is 0 Å². The molecule has 2 heterocycles. The Morgan fingerprint density at radius 1 is 0.964 bits per heavy atom. The molecule has 7 nitrogen and oxygen atoms in total. The maximum Gasteiger partial charge on any atom is 0.255 e. The Kier molecular flexibility index (Phi) is 4.80. The molecule has 0 radical (unpaired) electrons. The molecule has 0 aromatic heterocycles. The summed E-state index contributed by atoms with van der Waals surface area (Å²) in [5.74, 6) is -0.0397. The maximum atomic E-state index is 12.5. The first-order valence-electron chi connectivity index (χ1n) is 9.26. The number of amides is 2. The topological polar surface area (TPSA) is 86.8 Å². The summed E-state index contributed by atoms with van der Waals surface area (Å²) in [6.07, 6.45) is 2.00. The standard InChI is InChI=1S/C20H21N3O4S/c24-19-6-2-11-22(19)18-5-1-4-16(14-18)21-20(25)15-7-9-17(10-8-15)23-12-3-13-28(23,26)27/h1,4-5,7-10,14H,2-3,6,11-13H2,(H,21,25). The van der Waals surface area contributed by atoms with Crippen LogP contribution < -0.4 is 14.5 Å². The molecule has 0 spiro atoms. The van der Waals surface area contributed by atoms with Crippen LogP contribution in [0.1, 0.15) is 29.6 Å². The van der Waals surface area contributed by atoms with E-state index in [0.29, 0.717) is 42.9 Å². The maximum absolute atomic E-state index is 12.5. The van der Waals surface area contributed by atoms with Gasteiger partial charge in [-0.3, -0.25) is 13.9 Å². The molecule has 2 aromatic carbocycles. The van der Waals surface area contributed by atoms with Crippen molar-refractivity contribution in [3.8, 4) is 0 Å². The summed E-state index contributed by atoms with van der Waals surface area (Å²) in [6, 6.07) is 13.7. The number of nitrogens with zero attached hydrogens (tertiary/aromatic N) is 2. The molecule has 1 N–H and O–H groups in total. The SMILES string of the molecule is O=C(Nc1cccc(N2CCCC2=O)c1)c1ccc(N2CCCS2(=O)=O)cc1. The molecule has 2 fully saturated rings. The molecule has 0 saturated carbocycles. The summed E-state index contributed by atoms with van der Waals surface area (Å²) in [6.45, 7) is 1.16. The Hall–Kier alpha value is -2.87. The number of sulfonamides is 1. The molecule has 2 aromatic rings. The minimum Gasteiger partial charge on any atom is -0.322 e. The number of nitrogens with one attached hydrogen (secondary N) is 1. The third kappa shape index (κ3) is 3.60. The van der Waals surface area contributed by atoms with Gasteiger partial charge in [-0.25, -0.2) is 8.42 Å². The quantitative estimate of drug-likeness (QED) is 0.856. The summed E-state index contributed by atoms with van der Waals surface area (Å²) < 4.78 is 25.4. The van der Waals surface area contributed by atoms with E-state index in [1.807, 2.05) is 6.07 Å². The van der Waals surface area contributed by atoms with Gasteiger partial charge in [-0.2, -0.15) is 0 Å². The Morgan fingerprint density at radius 3 is 2.39 bits per heavy atom. The highest BCUT2D eigenvalue weighted by Gasteiger charge is 2.28. The summed E-state index contributed by atoms with van der Waals surface area (Å²) >= 11 is 0. The Labute approximate surface area is 164 Å². The smallest absolute Gasteiger partial charge is 0.255 e. The highest BCUT2D eigenvalue weighted by atomic mass is 32.2. The first kappa shape index (κ1) is 18.5. The number of carbonyl (C=O) groups excluding carboxylic acids is 2. The second-order valence-electron chi connectivity index (χ2n) is 6.94. The molecule has 8 heteroatoms. The minimum atomic E-state index is -3.24. The van der Waals surface area contributed by atoms with Crippen LogP contribution >= 0.6 is 0 Å². The summed E-state index contributed by atoms with van der Waals surface area (Å²) in [5.41, 5.74) is 2.38. The molecule has 0 aliphatic carbocycles. The highest BCUT2D eigenvalue weighted by molar-refractivity contribution is 7.93. The normalized spacial score (nSPS) is 18.5. The van der Waals surface area contributed by atoms with Crippen molar-refractivity contribution in [2.75, 3.05) is 33.4 Å². The minimum absolute atomic E-state index is 0.0935. The van der Waals surface area contributed by atoms with Gasteiger partial charge in [-0.05, 0) is 55.3 Å². The van der Waals surface area contributed by atoms with Crippen LogP contribution in [0, 0.1) is 0 Å². The highest BCUT2D eigenvalue weighted by Crippen LogP contribution is 2.26. The van der Waals surface area contributed by atoms with Gasteiger partial charge in [0.1, 0.15) is 0 Å². The predicted octanol–water partition coefficient (Wildman–Crippen LogP) is 2.61. The zero-order valence-electron chi connectivity index (χ0n) is 15.3. The molecule has 0 bridgehead atoms. The fraction of sp³-hybridized carbons (Fsp3) is 0.300. The lowest BCUT2D eigenvalue weighted by Gasteiger charge is -2.17. The summed E-state index contributed by atoms with van der Waals surface area (Å²) in [7, 11) is -3.24. The largest absolute Gasteiger partial charge is 0.322 e. The van der Waals surface area contributed by atoms with E-state index in [0.717, 1.165) is 12.1 Å². The number of hydrogen-bond acceptors (Lipinski definition) is 4. The van der Waals surface area contributed by atoms with E-state index in [1.165, 1.54) is 4.31 Å². The number of benzene rings is 2. The predicted molar refractivity (Wildman–Crippen MR) is 108 cm³/mol. The first-order chi connectivity index (χ1) is 13.4. The zero-order valence-corrected chi connectivity index (χ0v) is 16.1. The number of rotatable bonds is 4. The average molecular weight is 399 g/mol. The van der Waals surface area contributed by atoms with Crippen LogP contribution in [0.2, 0.25) is 0 Å². The summed E-state index contributed by atoms with van der Waals surface area (Å²) in [5, 5.41) is 2.83. The molecule has 2 saturated heterocycles. The molecule has 0 atom stereocenters. The van der Waals surface area contributed by atoms with E-state index in [9.17, 15) is 18.0 Å². The third-order valence-corrected chi connectivity index (χ3v) is 6.88. The molecular formula is C20H21N3O4S. The van der Waals surface area contributed by atoms with Crippen LogP contribution in [0.3, 0.4) is 0 Å². The van der Waals surface area contributed by atoms with Gasteiger partial charge >= 0.3 is 0 Å². The Balaban J connectivity index is 1.47. The second-order valence-corrected chi connectivity index (χ2v) is 8.95. The van der Waals surface area contributed by atoms with Crippen LogP contribution in [-0.4, -0.2) is 39.1 Å². The molecule has 28 heavy (non-hydrogen) atoms. The third-order valence-electron chi connectivity index (χ3n) is 5.01. The van der Waals surface area contributed by atoms with Crippen LogP contribution in [0.25, 0.3) is 0 Å². The van der Waals surface area contributed by atoms with Crippen molar-refractivity contribution in [2.24, 2.45) is 0 Å². The van der Waals surface area contributed by atoms with Crippen molar-refractivity contribution in [3.05, 3.63) is 54.1 Å². The average Bonchev–Trinajstić information content (AvgIpc) is 3.26. The van der Waals surface area contributed by atoms with Gasteiger partial charge in [-0.15, -0.1) is 0 Å². The van der Waals surface area contributed by atoms with Crippen molar-refractivity contribution in [1.29, 1.82) is 0 Å². The van der Waals surface area contributed by atoms with Crippen LogP contribution in [0.4, 0.5) is 17.1 Å². The van der Waals surface area contributed by atoms with Gasteiger partial charge in [0, 0.05) is 36.4 Å². The van der Waals surface area contributed by atoms with Crippen molar-refractivity contribution < 1.29 is 18.0 Å². The number of carbonyl (C=O) groups is 2. The monoisotopic (exact) mass is 399 g/mol. The van der Waals surface area contributed by atoms with E-state index in [4.69, 9.17) is 0 Å². The van der Waals surface area contributed by atoms with Gasteiger partial charge < -0.3 is 10.2 Å². The van der Waals surface area contributed by atoms with Gasteiger partial charge in [0.25, 0.3) is 5.91 Å². The lowest BCUT2D eigenvalue weighted by Crippen LogP contribution is -2.25. The van der Waals surface area contributed by atoms with Crippen LogP contribution in [-0.2, 0) is 14.8 Å². The van der Waals surface area contributed by atoms with E-state index >= 15 is 0 Å². The van der Waals surface area contributed by atoms with E-state index in [2.05, 4.69) is 5.32 Å². The van der Waals surface area contributed by atoms with Gasteiger partial charge in [0.15, 0.2) is 0 Å². The first-order valence-corrected chi connectivity index (χ1v) is 10.9. The molecule has 0 unspecified atom stereocenters. The molecule has 146 valence electrons. The lowest BCUT2D eigenvalue weighted by atomic mass is 10.2. The number of hydrogen-bond donors (Lipinski definition) is 1. The fourth-order valence-corrected chi connectivity index (χ4v) is 5.15. The Morgan fingerprint density at radius 2 is 1.75 bits per heavy atom. The van der Waals surface area contributed by atoms with E-state index in [1.54, 1.807) is 47.4 Å². The van der Waals surface area contributed by atoms with Gasteiger partial charge in [-0.1, -0.05) is 6.07 Å². The zero-order chi connectivity index (χ0) is 19.7. The van der Waals surface area contributed by atoms with Crippen molar-refractivity contribution in [3.63, 3.8) is 0 Å². The fourth-order valence-electron chi connectivity index (χ4n) is 3.58. The number of anilines is 3. The Bertz CT molecular complexity index is 1020. The second kappa shape index (κ2) is 7.27. The summed E-state index contributed by atoms with van der Waals surface area (Å²) in [4.78, 5) is 26.2. The van der Waals surface area contributed by atoms with E-state index in [-0.39, 0.29) is 17.6 Å². The van der Waals surface area contributed by atoms with E-state index < -0.39 is 10.0 Å². The van der Waals surface area contributed by atoms with Crippen molar-refractivity contribution in [2.45, 2.75) is 19.3 Å². The van der Waals surface area contributed by atoms with Gasteiger partial charge in [0.2, 0.25) is 15.9 Å². The van der Waals surface area contributed by atoms with Crippen molar-refractivity contribution in [1.82, 2.24) is 0 Å². The van der Waals surface area contributed by atoms with Crippen LogP contribution in [0.15, 0.2) is 48.5 Å². The van der Waals surface area contributed by atoms with Gasteiger partial charge in [0.05, 0.1) is 11.4 Å².